The standard InChI is InChI=1S/C14H13BrN2O/c1-8-2-4-10(5-3-8)13-16-12(9-6-7-9)11(15)14(18)17-13/h2-5,9H,6-7H2,1H3,(H,16,17,18). The van der Waals surface area contributed by atoms with Crippen molar-refractivity contribution in [3.63, 3.8) is 0 Å². The number of rotatable bonds is 2. The Hall–Kier alpha value is -1.42. The maximum atomic E-state index is 11.9. The van der Waals surface area contributed by atoms with E-state index < -0.39 is 0 Å². The molecular weight excluding hydrogens is 292 g/mol. The number of nitrogens with one attached hydrogen (secondary N) is 1. The van der Waals surface area contributed by atoms with Crippen molar-refractivity contribution in [2.24, 2.45) is 0 Å². The van der Waals surface area contributed by atoms with Crippen LogP contribution in [0.3, 0.4) is 0 Å². The van der Waals surface area contributed by atoms with E-state index in [-0.39, 0.29) is 5.56 Å². The van der Waals surface area contributed by atoms with Crippen LogP contribution in [0.25, 0.3) is 11.4 Å². The van der Waals surface area contributed by atoms with Gasteiger partial charge in [0.05, 0.1) is 5.69 Å². The Morgan fingerprint density at radius 3 is 2.56 bits per heavy atom. The van der Waals surface area contributed by atoms with Gasteiger partial charge >= 0.3 is 0 Å². The van der Waals surface area contributed by atoms with Gasteiger partial charge in [0.1, 0.15) is 10.3 Å². The Bertz CT molecular complexity index is 642. The van der Waals surface area contributed by atoms with Crippen molar-refractivity contribution in [3.8, 4) is 11.4 Å². The second-order valence-corrected chi connectivity index (χ2v) is 5.55. The molecule has 4 heteroatoms. The first-order chi connectivity index (χ1) is 8.65. The molecule has 0 spiro atoms. The molecule has 92 valence electrons. The van der Waals surface area contributed by atoms with Crippen molar-refractivity contribution in [3.05, 3.63) is 50.3 Å². The lowest BCUT2D eigenvalue weighted by molar-refractivity contribution is 0.960. The molecule has 1 aliphatic rings. The van der Waals surface area contributed by atoms with Gasteiger partial charge in [-0.05, 0) is 35.7 Å². The Kier molecular flexibility index (Phi) is 2.82. The number of aromatic amines is 1. The van der Waals surface area contributed by atoms with Gasteiger partial charge < -0.3 is 4.98 Å². The topological polar surface area (TPSA) is 45.8 Å². The van der Waals surface area contributed by atoms with Crippen LogP contribution in [0.5, 0.6) is 0 Å². The van der Waals surface area contributed by atoms with Crippen LogP contribution >= 0.6 is 15.9 Å². The van der Waals surface area contributed by atoms with Gasteiger partial charge in [-0.3, -0.25) is 4.79 Å². The van der Waals surface area contributed by atoms with Crippen LogP contribution in [-0.4, -0.2) is 9.97 Å². The Morgan fingerprint density at radius 1 is 1.28 bits per heavy atom. The summed E-state index contributed by atoms with van der Waals surface area (Å²) in [6.45, 7) is 2.04. The van der Waals surface area contributed by atoms with Gasteiger partial charge in [-0.15, -0.1) is 0 Å². The summed E-state index contributed by atoms with van der Waals surface area (Å²) in [6, 6.07) is 8.01. The molecule has 3 nitrogen and oxygen atoms in total. The third-order valence-corrected chi connectivity index (χ3v) is 3.94. The molecule has 0 radical (unpaired) electrons. The molecule has 1 saturated carbocycles. The van der Waals surface area contributed by atoms with E-state index >= 15 is 0 Å². The van der Waals surface area contributed by atoms with Gasteiger partial charge in [-0.25, -0.2) is 4.98 Å². The highest BCUT2D eigenvalue weighted by Crippen LogP contribution is 2.41. The van der Waals surface area contributed by atoms with Gasteiger partial charge in [0.2, 0.25) is 0 Å². The van der Waals surface area contributed by atoms with Crippen molar-refractivity contribution in [2.45, 2.75) is 25.7 Å². The number of H-pyrrole nitrogens is 1. The summed E-state index contributed by atoms with van der Waals surface area (Å²) < 4.78 is 0.584. The fourth-order valence-corrected chi connectivity index (χ4v) is 2.46. The third kappa shape index (κ3) is 2.12. The minimum absolute atomic E-state index is 0.0949. The summed E-state index contributed by atoms with van der Waals surface area (Å²) in [6.07, 6.45) is 2.25. The van der Waals surface area contributed by atoms with Crippen LogP contribution < -0.4 is 5.56 Å². The lowest BCUT2D eigenvalue weighted by atomic mass is 10.1. The first-order valence-corrected chi connectivity index (χ1v) is 6.81. The summed E-state index contributed by atoms with van der Waals surface area (Å²) in [5.41, 5.74) is 2.95. The van der Waals surface area contributed by atoms with Crippen molar-refractivity contribution >= 4 is 15.9 Å². The van der Waals surface area contributed by atoms with Crippen LogP contribution in [-0.2, 0) is 0 Å². The third-order valence-electron chi connectivity index (χ3n) is 3.18. The first kappa shape index (κ1) is 11.7. The van der Waals surface area contributed by atoms with E-state index in [0.29, 0.717) is 16.2 Å². The molecule has 0 bridgehead atoms. The highest BCUT2D eigenvalue weighted by Gasteiger charge is 2.28. The molecule has 18 heavy (non-hydrogen) atoms. The fraction of sp³-hybridized carbons (Fsp3) is 0.286. The number of aromatic nitrogens is 2. The molecule has 1 aromatic heterocycles. The van der Waals surface area contributed by atoms with Crippen molar-refractivity contribution in [1.82, 2.24) is 9.97 Å². The van der Waals surface area contributed by atoms with Gasteiger partial charge in [0, 0.05) is 11.5 Å². The Balaban J connectivity index is 2.12. The molecular formula is C14H13BrN2O. The van der Waals surface area contributed by atoms with Gasteiger partial charge in [0.25, 0.3) is 5.56 Å². The molecule has 1 aromatic carbocycles. The lowest BCUT2D eigenvalue weighted by Gasteiger charge is -2.06. The summed E-state index contributed by atoms with van der Waals surface area (Å²) in [4.78, 5) is 19.3. The molecule has 0 aliphatic heterocycles. The maximum absolute atomic E-state index is 11.9. The zero-order valence-electron chi connectivity index (χ0n) is 10.0. The molecule has 0 unspecified atom stereocenters. The Labute approximate surface area is 113 Å². The minimum atomic E-state index is -0.0949. The molecule has 0 saturated heterocycles. The van der Waals surface area contributed by atoms with Gasteiger partial charge in [-0.2, -0.15) is 0 Å². The summed E-state index contributed by atoms with van der Waals surface area (Å²) >= 11 is 3.33. The molecule has 2 aromatic rings. The van der Waals surface area contributed by atoms with Crippen LogP contribution in [0.4, 0.5) is 0 Å². The van der Waals surface area contributed by atoms with E-state index in [1.807, 2.05) is 31.2 Å². The number of nitrogens with zero attached hydrogens (tertiary/aromatic N) is 1. The SMILES string of the molecule is Cc1ccc(-c2nc(C3CC3)c(Br)c(=O)[nH]2)cc1. The lowest BCUT2D eigenvalue weighted by Crippen LogP contribution is -2.13. The van der Waals surface area contributed by atoms with Crippen LogP contribution in [0.15, 0.2) is 33.5 Å². The second kappa shape index (κ2) is 4.35. The number of hydrogen-bond acceptors (Lipinski definition) is 2. The predicted octanol–water partition coefficient (Wildman–Crippen LogP) is 3.39. The molecule has 1 fully saturated rings. The number of benzene rings is 1. The van der Waals surface area contributed by atoms with Crippen LogP contribution in [0, 0.1) is 6.92 Å². The molecule has 0 atom stereocenters. The predicted molar refractivity (Wildman–Crippen MR) is 74.7 cm³/mol. The molecule has 1 heterocycles. The maximum Gasteiger partial charge on any atom is 0.265 e. The number of halogens is 1. The van der Waals surface area contributed by atoms with Crippen molar-refractivity contribution < 1.29 is 0 Å². The minimum Gasteiger partial charge on any atom is -0.306 e. The zero-order chi connectivity index (χ0) is 12.7. The van der Waals surface area contributed by atoms with Gasteiger partial charge in [0.15, 0.2) is 0 Å². The number of aryl methyl sites for hydroxylation is 1. The van der Waals surface area contributed by atoms with Crippen LogP contribution in [0.2, 0.25) is 0 Å². The zero-order valence-corrected chi connectivity index (χ0v) is 11.6. The molecule has 3 rings (SSSR count). The first-order valence-electron chi connectivity index (χ1n) is 6.02. The number of hydrogen-bond donors (Lipinski definition) is 1. The van der Waals surface area contributed by atoms with E-state index in [9.17, 15) is 4.79 Å². The molecule has 1 N–H and O–H groups in total. The van der Waals surface area contributed by atoms with Crippen molar-refractivity contribution in [1.29, 1.82) is 0 Å². The van der Waals surface area contributed by atoms with Crippen LogP contribution in [0.1, 0.15) is 30.0 Å². The monoisotopic (exact) mass is 304 g/mol. The average Bonchev–Trinajstić information content (AvgIpc) is 3.18. The highest BCUT2D eigenvalue weighted by atomic mass is 79.9. The van der Waals surface area contributed by atoms with Crippen molar-refractivity contribution in [2.75, 3.05) is 0 Å². The largest absolute Gasteiger partial charge is 0.306 e. The van der Waals surface area contributed by atoms with E-state index in [1.54, 1.807) is 0 Å². The van der Waals surface area contributed by atoms with E-state index in [0.717, 1.165) is 24.1 Å². The smallest absolute Gasteiger partial charge is 0.265 e. The molecule has 1 aliphatic carbocycles. The fourth-order valence-electron chi connectivity index (χ4n) is 1.95. The second-order valence-electron chi connectivity index (χ2n) is 4.75. The summed E-state index contributed by atoms with van der Waals surface area (Å²) in [5.74, 6) is 1.11. The highest BCUT2D eigenvalue weighted by molar-refractivity contribution is 9.10. The normalized spacial score (nSPS) is 14.8. The quantitative estimate of drug-likeness (QED) is 0.924. The molecule has 0 amide bonds. The summed E-state index contributed by atoms with van der Waals surface area (Å²) in [5, 5.41) is 0. The van der Waals surface area contributed by atoms with E-state index in [1.165, 1.54) is 5.56 Å². The van der Waals surface area contributed by atoms with E-state index in [2.05, 4.69) is 25.9 Å². The van der Waals surface area contributed by atoms with E-state index in [4.69, 9.17) is 0 Å². The average molecular weight is 305 g/mol. The Morgan fingerprint density at radius 2 is 1.94 bits per heavy atom. The van der Waals surface area contributed by atoms with Gasteiger partial charge in [-0.1, -0.05) is 29.8 Å². The summed E-state index contributed by atoms with van der Waals surface area (Å²) in [7, 11) is 0.